The van der Waals surface area contributed by atoms with Crippen molar-refractivity contribution in [1.82, 2.24) is 16.2 Å². The Kier molecular flexibility index (Phi) is 9.60. The standard InChI is InChI=1S/C19H27N3O7/c1-5-28-17(25)16(24)22-21-15(23)14(20-18(26)29-19(2,3)4)12-27-11-13-9-7-6-8-10-13/h6-10,14H,5,11-12H2,1-4H3,(H,20,26)(H,21,23)(H,22,24)/t14-/m0/s1. The van der Waals surface area contributed by atoms with Crippen molar-refractivity contribution >= 4 is 23.9 Å². The number of benzene rings is 1. The van der Waals surface area contributed by atoms with Crippen molar-refractivity contribution in [3.05, 3.63) is 35.9 Å². The average molecular weight is 409 g/mol. The van der Waals surface area contributed by atoms with Crippen LogP contribution in [0.5, 0.6) is 0 Å². The third kappa shape index (κ3) is 10.1. The summed E-state index contributed by atoms with van der Waals surface area (Å²) in [6, 6.07) is 8.04. The number of hydrogen-bond donors (Lipinski definition) is 3. The van der Waals surface area contributed by atoms with Gasteiger partial charge in [0.2, 0.25) is 0 Å². The predicted octanol–water partition coefficient (Wildman–Crippen LogP) is 0.807. The van der Waals surface area contributed by atoms with Crippen LogP contribution in [0.2, 0.25) is 0 Å². The van der Waals surface area contributed by atoms with Crippen LogP contribution in [0, 0.1) is 0 Å². The first-order valence-corrected chi connectivity index (χ1v) is 9.00. The van der Waals surface area contributed by atoms with Gasteiger partial charge in [0.1, 0.15) is 11.6 Å². The van der Waals surface area contributed by atoms with E-state index in [2.05, 4.69) is 10.1 Å². The molecule has 0 aliphatic heterocycles. The second-order valence-corrected chi connectivity index (χ2v) is 6.86. The number of esters is 1. The summed E-state index contributed by atoms with van der Waals surface area (Å²) in [5.74, 6) is -3.10. The summed E-state index contributed by atoms with van der Waals surface area (Å²) in [5, 5.41) is 2.37. The molecule has 1 aromatic rings. The maximum absolute atomic E-state index is 12.3. The summed E-state index contributed by atoms with van der Waals surface area (Å²) in [6.07, 6.45) is -0.835. The number of carbonyl (C=O) groups is 4. The minimum absolute atomic E-state index is 0.0103. The molecule has 160 valence electrons. The summed E-state index contributed by atoms with van der Waals surface area (Å²) >= 11 is 0. The van der Waals surface area contributed by atoms with E-state index in [1.54, 1.807) is 20.8 Å². The fraction of sp³-hybridized carbons (Fsp3) is 0.474. The number of carbonyl (C=O) groups excluding carboxylic acids is 4. The van der Waals surface area contributed by atoms with Gasteiger partial charge in [-0.2, -0.15) is 0 Å². The molecule has 0 spiro atoms. The molecule has 0 saturated carbocycles. The quantitative estimate of drug-likeness (QED) is 0.345. The third-order valence-corrected chi connectivity index (χ3v) is 3.16. The molecule has 0 aromatic heterocycles. The Morgan fingerprint density at radius 2 is 1.69 bits per heavy atom. The number of hydrogen-bond acceptors (Lipinski definition) is 7. The van der Waals surface area contributed by atoms with Gasteiger partial charge in [-0.05, 0) is 33.3 Å². The molecule has 1 rings (SSSR count). The van der Waals surface area contributed by atoms with E-state index in [4.69, 9.17) is 9.47 Å². The van der Waals surface area contributed by atoms with Gasteiger partial charge in [0.25, 0.3) is 5.91 Å². The van der Waals surface area contributed by atoms with Crippen molar-refractivity contribution in [2.24, 2.45) is 0 Å². The average Bonchev–Trinajstić information content (AvgIpc) is 2.64. The van der Waals surface area contributed by atoms with Gasteiger partial charge in [0.05, 0.1) is 19.8 Å². The smallest absolute Gasteiger partial charge is 0.408 e. The highest BCUT2D eigenvalue weighted by atomic mass is 16.6. The summed E-state index contributed by atoms with van der Waals surface area (Å²) in [7, 11) is 0. The fourth-order valence-electron chi connectivity index (χ4n) is 1.95. The molecule has 3 amide bonds. The number of nitrogens with one attached hydrogen (secondary N) is 3. The fourth-order valence-corrected chi connectivity index (χ4v) is 1.95. The summed E-state index contributed by atoms with van der Waals surface area (Å²) in [4.78, 5) is 47.2. The van der Waals surface area contributed by atoms with Crippen LogP contribution >= 0.6 is 0 Å². The normalized spacial score (nSPS) is 11.7. The van der Waals surface area contributed by atoms with E-state index in [1.807, 2.05) is 41.2 Å². The Morgan fingerprint density at radius 1 is 1.03 bits per heavy atom. The lowest BCUT2D eigenvalue weighted by molar-refractivity contribution is -0.155. The Morgan fingerprint density at radius 3 is 2.28 bits per heavy atom. The number of hydrazine groups is 1. The second-order valence-electron chi connectivity index (χ2n) is 6.86. The minimum Gasteiger partial charge on any atom is -0.459 e. The molecule has 0 bridgehead atoms. The van der Waals surface area contributed by atoms with Crippen molar-refractivity contribution in [2.45, 2.75) is 45.9 Å². The highest BCUT2D eigenvalue weighted by molar-refractivity contribution is 6.32. The van der Waals surface area contributed by atoms with E-state index in [1.165, 1.54) is 6.92 Å². The number of amides is 3. The number of rotatable bonds is 7. The Hall–Kier alpha value is -3.14. The third-order valence-electron chi connectivity index (χ3n) is 3.16. The highest BCUT2D eigenvalue weighted by Crippen LogP contribution is 2.07. The molecule has 1 atom stereocenters. The Bertz CT molecular complexity index is 702. The van der Waals surface area contributed by atoms with Gasteiger partial charge in [-0.15, -0.1) is 0 Å². The summed E-state index contributed by atoms with van der Waals surface area (Å²) < 4.78 is 15.1. The molecule has 0 unspecified atom stereocenters. The van der Waals surface area contributed by atoms with Gasteiger partial charge in [-0.1, -0.05) is 30.3 Å². The summed E-state index contributed by atoms with van der Waals surface area (Å²) in [5.41, 5.74) is 4.07. The zero-order valence-electron chi connectivity index (χ0n) is 16.9. The first-order chi connectivity index (χ1) is 13.6. The molecule has 10 nitrogen and oxygen atoms in total. The molecule has 0 saturated heterocycles. The minimum atomic E-state index is -1.18. The molecule has 29 heavy (non-hydrogen) atoms. The van der Waals surface area contributed by atoms with Crippen LogP contribution in [0.3, 0.4) is 0 Å². The zero-order chi connectivity index (χ0) is 21.9. The molecule has 0 heterocycles. The van der Waals surface area contributed by atoms with Crippen LogP contribution in [-0.4, -0.2) is 48.7 Å². The van der Waals surface area contributed by atoms with Crippen LogP contribution in [-0.2, 0) is 35.2 Å². The molecule has 1 aromatic carbocycles. The van der Waals surface area contributed by atoms with E-state index >= 15 is 0 Å². The second kappa shape index (κ2) is 11.6. The van der Waals surface area contributed by atoms with E-state index in [0.29, 0.717) is 0 Å². The molecule has 3 N–H and O–H groups in total. The van der Waals surface area contributed by atoms with Crippen LogP contribution in [0.25, 0.3) is 0 Å². The molecule has 0 fully saturated rings. The van der Waals surface area contributed by atoms with Crippen molar-refractivity contribution in [2.75, 3.05) is 13.2 Å². The predicted molar refractivity (Wildman–Crippen MR) is 102 cm³/mol. The van der Waals surface area contributed by atoms with Crippen molar-refractivity contribution in [3.63, 3.8) is 0 Å². The van der Waals surface area contributed by atoms with Gasteiger partial charge in [-0.3, -0.25) is 20.4 Å². The van der Waals surface area contributed by atoms with Crippen molar-refractivity contribution < 1.29 is 33.4 Å². The molecule has 10 heteroatoms. The van der Waals surface area contributed by atoms with E-state index < -0.39 is 35.5 Å². The molecule has 0 radical (unpaired) electrons. The highest BCUT2D eigenvalue weighted by Gasteiger charge is 2.26. The van der Waals surface area contributed by atoms with Crippen LogP contribution in [0.4, 0.5) is 4.79 Å². The molecular formula is C19H27N3O7. The SMILES string of the molecule is CCOC(=O)C(=O)NNC(=O)[C@H](COCc1ccccc1)NC(=O)OC(C)(C)C. The number of alkyl carbamates (subject to hydrolysis) is 1. The lowest BCUT2D eigenvalue weighted by Crippen LogP contribution is -2.55. The first kappa shape index (κ1) is 23.9. The van der Waals surface area contributed by atoms with E-state index in [-0.39, 0.29) is 19.8 Å². The lowest BCUT2D eigenvalue weighted by Gasteiger charge is -2.23. The van der Waals surface area contributed by atoms with Gasteiger partial charge >= 0.3 is 18.0 Å². The van der Waals surface area contributed by atoms with E-state index in [0.717, 1.165) is 5.56 Å². The first-order valence-electron chi connectivity index (χ1n) is 9.00. The molecule has 0 aliphatic rings. The zero-order valence-corrected chi connectivity index (χ0v) is 16.9. The maximum Gasteiger partial charge on any atom is 0.408 e. The monoisotopic (exact) mass is 409 g/mol. The van der Waals surface area contributed by atoms with Crippen molar-refractivity contribution in [1.29, 1.82) is 0 Å². The molecule has 0 aliphatic carbocycles. The largest absolute Gasteiger partial charge is 0.459 e. The molecular weight excluding hydrogens is 382 g/mol. The van der Waals surface area contributed by atoms with Gasteiger partial charge in [0.15, 0.2) is 0 Å². The van der Waals surface area contributed by atoms with Gasteiger partial charge in [0, 0.05) is 0 Å². The van der Waals surface area contributed by atoms with Crippen LogP contribution in [0.1, 0.15) is 33.3 Å². The van der Waals surface area contributed by atoms with E-state index in [9.17, 15) is 19.2 Å². The van der Waals surface area contributed by atoms with Gasteiger partial charge in [-0.25, -0.2) is 9.59 Å². The maximum atomic E-state index is 12.3. The van der Waals surface area contributed by atoms with Crippen LogP contribution in [0.15, 0.2) is 30.3 Å². The van der Waals surface area contributed by atoms with Gasteiger partial charge < -0.3 is 19.5 Å². The Balaban J connectivity index is 2.66. The topological polar surface area (TPSA) is 132 Å². The number of ether oxygens (including phenoxy) is 3. The lowest BCUT2D eigenvalue weighted by atomic mass is 10.2. The van der Waals surface area contributed by atoms with Crippen molar-refractivity contribution in [3.8, 4) is 0 Å². The van der Waals surface area contributed by atoms with Crippen LogP contribution < -0.4 is 16.2 Å². The Labute approximate surface area is 169 Å². The summed E-state index contributed by atoms with van der Waals surface area (Å²) in [6.45, 7) is 6.57.